The third-order valence-corrected chi connectivity index (χ3v) is 6.53. The summed E-state index contributed by atoms with van der Waals surface area (Å²) in [5.74, 6) is 0. The van der Waals surface area contributed by atoms with E-state index in [4.69, 9.17) is 11.6 Å². The van der Waals surface area contributed by atoms with Gasteiger partial charge in [-0.1, -0.05) is 42.6 Å². The van der Waals surface area contributed by atoms with E-state index in [-0.39, 0.29) is 22.8 Å². The topological polar surface area (TPSA) is 78.0 Å². The van der Waals surface area contributed by atoms with Gasteiger partial charge in [0.1, 0.15) is 11.0 Å². The number of halogens is 1. The molecule has 4 aromatic rings. The van der Waals surface area contributed by atoms with Crippen LogP contribution in [-0.2, 0) is 7.05 Å². The number of nitrogens with one attached hydrogen (secondary N) is 1. The first-order valence-electron chi connectivity index (χ1n) is 10.9. The van der Waals surface area contributed by atoms with Crippen LogP contribution in [0.15, 0.2) is 75.0 Å². The molecule has 0 bridgehead atoms. The van der Waals surface area contributed by atoms with E-state index < -0.39 is 5.69 Å². The molecule has 0 spiro atoms. The van der Waals surface area contributed by atoms with E-state index in [2.05, 4.69) is 5.32 Å². The molecule has 0 unspecified atom stereocenters. The van der Waals surface area contributed by atoms with E-state index in [0.717, 1.165) is 25.7 Å². The van der Waals surface area contributed by atoms with Crippen LogP contribution in [0.25, 0.3) is 16.7 Å². The molecule has 0 saturated heterocycles. The average Bonchev–Trinajstić information content (AvgIpc) is 3.33. The number of pyridine rings is 1. The Bertz CT molecular complexity index is 1510. The third-order valence-electron chi connectivity index (χ3n) is 6.28. The lowest BCUT2D eigenvalue weighted by Crippen LogP contribution is -2.43. The van der Waals surface area contributed by atoms with Crippen molar-refractivity contribution in [2.24, 2.45) is 7.05 Å². The molecule has 2 aromatic carbocycles. The molecule has 2 heterocycles. The molecule has 1 aliphatic carbocycles. The van der Waals surface area contributed by atoms with Crippen LogP contribution in [0.5, 0.6) is 0 Å². The lowest BCUT2D eigenvalue weighted by Gasteiger charge is -2.21. The second kappa shape index (κ2) is 8.41. The van der Waals surface area contributed by atoms with Gasteiger partial charge in [0.15, 0.2) is 0 Å². The normalized spacial score (nSPS) is 14.1. The van der Waals surface area contributed by atoms with Crippen LogP contribution >= 0.6 is 11.6 Å². The Morgan fingerprint density at radius 1 is 0.939 bits per heavy atom. The molecule has 168 valence electrons. The number of para-hydroxylation sites is 1. The van der Waals surface area contributed by atoms with Crippen LogP contribution in [0, 0.1) is 0 Å². The van der Waals surface area contributed by atoms with Crippen molar-refractivity contribution in [2.45, 2.75) is 31.7 Å². The summed E-state index contributed by atoms with van der Waals surface area (Å²) >= 11 is 6.01. The first-order chi connectivity index (χ1) is 16.0. The molecule has 1 saturated carbocycles. The molecule has 0 radical (unpaired) electrons. The maximum Gasteiger partial charge on any atom is 0.337 e. The Balaban J connectivity index is 1.90. The highest BCUT2D eigenvalue weighted by molar-refractivity contribution is 6.30. The molecule has 0 amide bonds. The van der Waals surface area contributed by atoms with E-state index in [1.165, 1.54) is 19.8 Å². The highest BCUT2D eigenvalue weighted by atomic mass is 35.5. The second-order valence-corrected chi connectivity index (χ2v) is 8.79. The van der Waals surface area contributed by atoms with Gasteiger partial charge in [-0.15, -0.1) is 0 Å². The molecule has 1 N–H and O–H groups in total. The fraction of sp³-hybridized carbons (Fsp3) is 0.240. The number of benzene rings is 2. The van der Waals surface area contributed by atoms with Crippen molar-refractivity contribution in [1.82, 2.24) is 13.7 Å². The first kappa shape index (κ1) is 21.3. The minimum Gasteiger partial charge on any atom is -0.355 e. The van der Waals surface area contributed by atoms with Crippen LogP contribution in [0.1, 0.15) is 31.7 Å². The van der Waals surface area contributed by atoms with Crippen molar-refractivity contribution in [1.29, 1.82) is 0 Å². The number of hydrogen-bond donors (Lipinski definition) is 1. The Morgan fingerprint density at radius 2 is 1.61 bits per heavy atom. The molecular weight excluding hydrogens is 440 g/mol. The molecule has 0 aliphatic heterocycles. The van der Waals surface area contributed by atoms with Gasteiger partial charge in [0, 0.05) is 29.9 Å². The fourth-order valence-corrected chi connectivity index (χ4v) is 4.77. The van der Waals surface area contributed by atoms with Crippen molar-refractivity contribution < 1.29 is 0 Å². The average molecular weight is 463 g/mol. The van der Waals surface area contributed by atoms with Gasteiger partial charge in [-0.05, 0) is 49.2 Å². The van der Waals surface area contributed by atoms with Gasteiger partial charge >= 0.3 is 5.69 Å². The largest absolute Gasteiger partial charge is 0.355 e. The Labute approximate surface area is 194 Å². The molecular formula is C25H23ClN4O3. The second-order valence-electron chi connectivity index (χ2n) is 8.35. The number of rotatable bonds is 4. The minimum atomic E-state index is -0.427. The highest BCUT2D eigenvalue weighted by Gasteiger charge is 2.26. The van der Waals surface area contributed by atoms with Crippen LogP contribution in [0.4, 0.5) is 11.4 Å². The summed E-state index contributed by atoms with van der Waals surface area (Å²) in [6.45, 7) is 0. The summed E-state index contributed by atoms with van der Waals surface area (Å²) in [5, 5.41) is 4.07. The van der Waals surface area contributed by atoms with Crippen molar-refractivity contribution in [3.8, 4) is 5.69 Å². The minimum absolute atomic E-state index is 0.162. The summed E-state index contributed by atoms with van der Waals surface area (Å²) in [6, 6.07) is 17.3. The Kier molecular flexibility index (Phi) is 5.42. The molecule has 7 nitrogen and oxygen atoms in total. The molecule has 8 heteroatoms. The maximum absolute atomic E-state index is 13.8. The lowest BCUT2D eigenvalue weighted by molar-refractivity contribution is 0.475. The van der Waals surface area contributed by atoms with Gasteiger partial charge in [-0.2, -0.15) is 0 Å². The molecule has 1 fully saturated rings. The summed E-state index contributed by atoms with van der Waals surface area (Å²) in [5.41, 5.74) is 0.744. The van der Waals surface area contributed by atoms with Gasteiger partial charge in [-0.3, -0.25) is 18.7 Å². The number of aromatic nitrogens is 3. The van der Waals surface area contributed by atoms with Crippen LogP contribution in [-0.4, -0.2) is 13.7 Å². The molecule has 2 aromatic heterocycles. The predicted octanol–water partition coefficient (Wildman–Crippen LogP) is 4.36. The van der Waals surface area contributed by atoms with Crippen LogP contribution < -0.4 is 22.1 Å². The van der Waals surface area contributed by atoms with Crippen LogP contribution in [0.3, 0.4) is 0 Å². The molecule has 0 atom stereocenters. The van der Waals surface area contributed by atoms with Crippen molar-refractivity contribution in [3.05, 3.63) is 96.9 Å². The summed E-state index contributed by atoms with van der Waals surface area (Å²) in [6.07, 6.45) is 3.51. The zero-order chi connectivity index (χ0) is 23.1. The van der Waals surface area contributed by atoms with E-state index >= 15 is 0 Å². The number of aryl methyl sites for hydroxylation is 1. The lowest BCUT2D eigenvalue weighted by atomic mass is 10.2. The van der Waals surface area contributed by atoms with Gasteiger partial charge < -0.3 is 5.32 Å². The first-order valence-corrected chi connectivity index (χ1v) is 11.3. The maximum atomic E-state index is 13.8. The monoisotopic (exact) mass is 462 g/mol. The molecule has 1 aliphatic rings. The van der Waals surface area contributed by atoms with Crippen LogP contribution in [0.2, 0.25) is 5.02 Å². The highest BCUT2D eigenvalue weighted by Crippen LogP contribution is 2.29. The van der Waals surface area contributed by atoms with Gasteiger partial charge in [-0.25, -0.2) is 9.36 Å². The van der Waals surface area contributed by atoms with Gasteiger partial charge in [0.2, 0.25) is 0 Å². The van der Waals surface area contributed by atoms with Crippen molar-refractivity contribution in [2.75, 3.05) is 5.32 Å². The number of hydrogen-bond acceptors (Lipinski definition) is 4. The van der Waals surface area contributed by atoms with Gasteiger partial charge in [0.25, 0.3) is 11.1 Å². The third kappa shape index (κ3) is 3.68. The Hall–Kier alpha value is -3.58. The summed E-state index contributed by atoms with van der Waals surface area (Å²) in [4.78, 5) is 40.5. The molecule has 5 rings (SSSR count). The smallest absolute Gasteiger partial charge is 0.337 e. The van der Waals surface area contributed by atoms with E-state index in [1.54, 1.807) is 43.4 Å². The van der Waals surface area contributed by atoms with Gasteiger partial charge in [0.05, 0.1) is 11.4 Å². The predicted molar refractivity (Wildman–Crippen MR) is 131 cm³/mol. The van der Waals surface area contributed by atoms with E-state index in [9.17, 15) is 14.4 Å². The zero-order valence-electron chi connectivity index (χ0n) is 18.1. The number of anilines is 2. The van der Waals surface area contributed by atoms with E-state index in [0.29, 0.717) is 27.5 Å². The SMILES string of the molecule is Cn1c(=O)cc(Nc2ccc(Cl)cc2)c2c(=O)n(C3CCCC3)c(=O)n(-c3ccccc3)c21. The zero-order valence-corrected chi connectivity index (χ0v) is 18.9. The van der Waals surface area contributed by atoms with E-state index in [1.807, 2.05) is 18.2 Å². The fourth-order valence-electron chi connectivity index (χ4n) is 4.64. The standard InChI is InChI=1S/C25H23ClN4O3/c1-28-21(31)15-20(27-17-13-11-16(26)12-14-17)22-23(28)29(18-7-3-2-4-8-18)25(33)30(24(22)32)19-9-5-6-10-19/h2-4,7-8,11-15,19,27H,5-6,9-10H2,1H3. The van der Waals surface area contributed by atoms with Crippen molar-refractivity contribution >= 4 is 34.0 Å². The number of nitrogens with zero attached hydrogens (tertiary/aromatic N) is 3. The molecule has 33 heavy (non-hydrogen) atoms. The summed E-state index contributed by atoms with van der Waals surface area (Å²) in [7, 11) is 1.58. The number of fused-ring (bicyclic) bond motifs is 1. The quantitative estimate of drug-likeness (QED) is 0.488. The summed E-state index contributed by atoms with van der Waals surface area (Å²) < 4.78 is 4.21. The Morgan fingerprint density at radius 3 is 2.27 bits per heavy atom. The van der Waals surface area contributed by atoms with Crippen molar-refractivity contribution in [3.63, 3.8) is 0 Å².